The Bertz CT molecular complexity index is 452. The van der Waals surface area contributed by atoms with E-state index in [9.17, 15) is 8.42 Å². The molecule has 0 bridgehead atoms. The molecule has 0 amide bonds. The third-order valence-electron chi connectivity index (χ3n) is 2.16. The van der Waals surface area contributed by atoms with Crippen molar-refractivity contribution in [1.29, 1.82) is 0 Å². The van der Waals surface area contributed by atoms with E-state index < -0.39 is 10.0 Å². The van der Waals surface area contributed by atoms with E-state index in [2.05, 4.69) is 14.9 Å². The van der Waals surface area contributed by atoms with Gasteiger partial charge in [-0.1, -0.05) is 0 Å². The number of aromatic amines is 1. The third-order valence-corrected chi connectivity index (χ3v) is 4.84. The standard InChI is InChI=1S/C8H16N4O2S2/c1-8(2,15-3)5-11-16(13,14)6-4-10-12-7(6)9/h4,11H,5H2,1-3H3,(H3,9,10,12). The molecule has 0 atom stereocenters. The van der Waals surface area contributed by atoms with Crippen LogP contribution in [-0.4, -0.2) is 36.2 Å². The van der Waals surface area contributed by atoms with Crippen LogP contribution in [0.15, 0.2) is 11.1 Å². The molecular weight excluding hydrogens is 248 g/mol. The van der Waals surface area contributed by atoms with Gasteiger partial charge in [0.2, 0.25) is 10.0 Å². The van der Waals surface area contributed by atoms with Gasteiger partial charge in [0.1, 0.15) is 10.7 Å². The summed E-state index contributed by atoms with van der Waals surface area (Å²) in [6, 6.07) is 0. The van der Waals surface area contributed by atoms with Crippen LogP contribution in [0.5, 0.6) is 0 Å². The molecule has 1 aromatic rings. The fourth-order valence-corrected chi connectivity index (χ4v) is 2.46. The molecule has 1 heterocycles. The number of nitrogens with zero attached hydrogens (tertiary/aromatic N) is 1. The van der Waals surface area contributed by atoms with Crippen LogP contribution in [0.25, 0.3) is 0 Å². The number of nitrogen functional groups attached to an aromatic ring is 1. The van der Waals surface area contributed by atoms with Crippen LogP contribution in [0.4, 0.5) is 5.82 Å². The van der Waals surface area contributed by atoms with Crippen LogP contribution in [0, 0.1) is 0 Å². The fourth-order valence-electron chi connectivity index (χ4n) is 0.918. The van der Waals surface area contributed by atoms with Crippen molar-refractivity contribution in [3.63, 3.8) is 0 Å². The highest BCUT2D eigenvalue weighted by Crippen LogP contribution is 2.21. The smallest absolute Gasteiger partial charge is 0.245 e. The maximum atomic E-state index is 11.8. The Kier molecular flexibility index (Phi) is 3.87. The highest BCUT2D eigenvalue weighted by molar-refractivity contribution is 8.00. The number of nitrogens with one attached hydrogen (secondary N) is 2. The minimum Gasteiger partial charge on any atom is -0.383 e. The molecule has 92 valence electrons. The molecule has 4 N–H and O–H groups in total. The number of rotatable bonds is 5. The van der Waals surface area contributed by atoms with E-state index in [1.807, 2.05) is 20.1 Å². The van der Waals surface area contributed by atoms with Crippen LogP contribution < -0.4 is 10.5 Å². The molecule has 16 heavy (non-hydrogen) atoms. The van der Waals surface area contributed by atoms with Gasteiger partial charge in [-0.15, -0.1) is 0 Å². The van der Waals surface area contributed by atoms with Gasteiger partial charge in [-0.25, -0.2) is 13.1 Å². The van der Waals surface area contributed by atoms with Crippen molar-refractivity contribution in [2.75, 3.05) is 18.5 Å². The van der Waals surface area contributed by atoms with Crippen molar-refractivity contribution >= 4 is 27.6 Å². The molecule has 0 aliphatic rings. The summed E-state index contributed by atoms with van der Waals surface area (Å²) in [5, 5.41) is 5.97. The average Bonchev–Trinajstić information content (AvgIpc) is 2.63. The molecule has 6 nitrogen and oxygen atoms in total. The van der Waals surface area contributed by atoms with E-state index in [4.69, 9.17) is 5.73 Å². The summed E-state index contributed by atoms with van der Waals surface area (Å²) in [7, 11) is -3.57. The molecule has 0 aromatic carbocycles. The summed E-state index contributed by atoms with van der Waals surface area (Å²) in [5.74, 6) is 0.0504. The number of H-pyrrole nitrogens is 1. The second-order valence-electron chi connectivity index (χ2n) is 3.94. The number of sulfonamides is 1. The summed E-state index contributed by atoms with van der Waals surface area (Å²) >= 11 is 1.59. The Labute approximate surface area is 99.4 Å². The summed E-state index contributed by atoms with van der Waals surface area (Å²) in [5.41, 5.74) is 5.46. The zero-order chi connectivity index (χ0) is 12.4. The number of hydrogen-bond acceptors (Lipinski definition) is 5. The van der Waals surface area contributed by atoms with Gasteiger partial charge < -0.3 is 5.73 Å². The average molecular weight is 264 g/mol. The molecule has 0 radical (unpaired) electrons. The Hall–Kier alpha value is -0.730. The predicted molar refractivity (Wildman–Crippen MR) is 65.8 cm³/mol. The molecular formula is C8H16N4O2S2. The number of thioether (sulfide) groups is 1. The van der Waals surface area contributed by atoms with Crippen molar-refractivity contribution in [1.82, 2.24) is 14.9 Å². The molecule has 0 saturated heterocycles. The SMILES string of the molecule is CSC(C)(C)CNS(=O)(=O)c1cn[nH]c1N. The molecule has 1 rings (SSSR count). The monoisotopic (exact) mass is 264 g/mol. The summed E-state index contributed by atoms with van der Waals surface area (Å²) in [4.78, 5) is -0.00981. The number of nitrogens with two attached hydrogens (primary N) is 1. The lowest BCUT2D eigenvalue weighted by atomic mass is 10.2. The second-order valence-corrected chi connectivity index (χ2v) is 7.19. The van der Waals surface area contributed by atoms with Gasteiger partial charge in [0.15, 0.2) is 0 Å². The lowest BCUT2D eigenvalue weighted by molar-refractivity contribution is 0.571. The van der Waals surface area contributed by atoms with E-state index in [0.717, 1.165) is 0 Å². The van der Waals surface area contributed by atoms with Gasteiger partial charge in [0.25, 0.3) is 0 Å². The maximum absolute atomic E-state index is 11.8. The van der Waals surface area contributed by atoms with Crippen LogP contribution in [0.2, 0.25) is 0 Å². The highest BCUT2D eigenvalue weighted by Gasteiger charge is 2.23. The van der Waals surface area contributed by atoms with Gasteiger partial charge in [-0.3, -0.25) is 5.10 Å². The Morgan fingerprint density at radius 1 is 1.62 bits per heavy atom. The van der Waals surface area contributed by atoms with Crippen molar-refractivity contribution < 1.29 is 8.42 Å². The normalized spacial score (nSPS) is 12.9. The van der Waals surface area contributed by atoms with Crippen molar-refractivity contribution in [2.45, 2.75) is 23.5 Å². The van der Waals surface area contributed by atoms with Crippen LogP contribution in [-0.2, 0) is 10.0 Å². The van der Waals surface area contributed by atoms with Gasteiger partial charge in [-0.05, 0) is 20.1 Å². The second kappa shape index (κ2) is 4.64. The van der Waals surface area contributed by atoms with Crippen molar-refractivity contribution in [3.05, 3.63) is 6.20 Å². The summed E-state index contributed by atoms with van der Waals surface area (Å²) < 4.78 is 26.0. The first-order valence-corrected chi connectivity index (χ1v) is 7.33. The molecule has 0 aliphatic heterocycles. The first-order valence-electron chi connectivity index (χ1n) is 4.62. The minimum absolute atomic E-state index is 0.00981. The van der Waals surface area contributed by atoms with E-state index in [0.29, 0.717) is 6.54 Å². The molecule has 8 heteroatoms. The van der Waals surface area contributed by atoms with Crippen molar-refractivity contribution in [3.8, 4) is 0 Å². The largest absolute Gasteiger partial charge is 0.383 e. The van der Waals surface area contributed by atoms with Crippen molar-refractivity contribution in [2.24, 2.45) is 0 Å². The fraction of sp³-hybridized carbons (Fsp3) is 0.625. The maximum Gasteiger partial charge on any atom is 0.245 e. The first kappa shape index (κ1) is 13.3. The zero-order valence-electron chi connectivity index (χ0n) is 9.44. The van der Waals surface area contributed by atoms with Crippen LogP contribution in [0.1, 0.15) is 13.8 Å². The Balaban J connectivity index is 2.79. The molecule has 1 aromatic heterocycles. The van der Waals surface area contributed by atoms with E-state index >= 15 is 0 Å². The van der Waals surface area contributed by atoms with Crippen LogP contribution >= 0.6 is 11.8 Å². The minimum atomic E-state index is -3.57. The lowest BCUT2D eigenvalue weighted by Gasteiger charge is -2.21. The highest BCUT2D eigenvalue weighted by atomic mass is 32.2. The predicted octanol–water partition coefficient (Wildman–Crippen LogP) is 0.412. The topological polar surface area (TPSA) is 101 Å². The summed E-state index contributed by atoms with van der Waals surface area (Å²) in [6.07, 6.45) is 3.13. The van der Waals surface area contributed by atoms with Gasteiger partial charge in [-0.2, -0.15) is 16.9 Å². The Morgan fingerprint density at radius 3 is 2.69 bits per heavy atom. The number of hydrogen-bond donors (Lipinski definition) is 3. The lowest BCUT2D eigenvalue weighted by Crippen LogP contribution is -2.36. The van der Waals surface area contributed by atoms with Gasteiger partial charge in [0, 0.05) is 11.3 Å². The van der Waals surface area contributed by atoms with E-state index in [1.165, 1.54) is 6.20 Å². The van der Waals surface area contributed by atoms with E-state index in [-0.39, 0.29) is 15.5 Å². The quantitative estimate of drug-likeness (QED) is 0.715. The zero-order valence-corrected chi connectivity index (χ0v) is 11.1. The van der Waals surface area contributed by atoms with Gasteiger partial charge in [0.05, 0.1) is 6.20 Å². The molecule has 0 aliphatic carbocycles. The molecule has 0 unspecified atom stereocenters. The third kappa shape index (κ3) is 3.13. The number of aromatic nitrogens is 2. The first-order chi connectivity index (χ1) is 7.28. The molecule has 0 fully saturated rings. The Morgan fingerprint density at radius 2 is 2.25 bits per heavy atom. The summed E-state index contributed by atoms with van der Waals surface area (Å²) in [6.45, 7) is 4.25. The molecule has 0 saturated carbocycles. The van der Waals surface area contributed by atoms with Crippen LogP contribution in [0.3, 0.4) is 0 Å². The molecule has 0 spiro atoms. The van der Waals surface area contributed by atoms with Gasteiger partial charge >= 0.3 is 0 Å². The van der Waals surface area contributed by atoms with E-state index in [1.54, 1.807) is 11.8 Å². The number of anilines is 1.